The van der Waals surface area contributed by atoms with Gasteiger partial charge in [-0.25, -0.2) is 0 Å². The fourth-order valence-electron chi connectivity index (χ4n) is 5.18. The van der Waals surface area contributed by atoms with Gasteiger partial charge in [-0.1, -0.05) is 38.7 Å². The molecule has 2 fully saturated rings. The van der Waals surface area contributed by atoms with Crippen LogP contribution < -0.4 is 5.38 Å². The van der Waals surface area contributed by atoms with Crippen LogP contribution in [0.1, 0.15) is 30.2 Å². The lowest BCUT2D eigenvalue weighted by Crippen LogP contribution is -2.38. The van der Waals surface area contributed by atoms with E-state index < -0.39 is 8.07 Å². The van der Waals surface area contributed by atoms with E-state index in [4.69, 9.17) is 4.42 Å². The van der Waals surface area contributed by atoms with Gasteiger partial charge in [-0.3, -0.25) is 0 Å². The summed E-state index contributed by atoms with van der Waals surface area (Å²) in [7, 11) is -1.37. The summed E-state index contributed by atoms with van der Waals surface area (Å²) >= 11 is 0. The molecule has 20 heavy (non-hydrogen) atoms. The van der Waals surface area contributed by atoms with Crippen molar-refractivity contribution in [3.8, 4) is 0 Å². The highest BCUT2D eigenvalue weighted by Crippen LogP contribution is 2.69. The molecule has 108 valence electrons. The molecular formula is C18H26OSi. The summed E-state index contributed by atoms with van der Waals surface area (Å²) in [5.74, 6) is 3.77. The molecule has 1 aromatic heterocycles. The minimum Gasteiger partial charge on any atom is -0.471 e. The second-order valence-electron chi connectivity index (χ2n) is 8.67. The first-order chi connectivity index (χ1) is 9.23. The van der Waals surface area contributed by atoms with Crippen LogP contribution in [0.2, 0.25) is 19.6 Å². The van der Waals surface area contributed by atoms with Gasteiger partial charge in [0.25, 0.3) is 0 Å². The van der Waals surface area contributed by atoms with Gasteiger partial charge in [0.1, 0.15) is 13.8 Å². The zero-order valence-corrected chi connectivity index (χ0v) is 14.5. The van der Waals surface area contributed by atoms with Crippen LogP contribution in [0.25, 0.3) is 0 Å². The van der Waals surface area contributed by atoms with E-state index in [-0.39, 0.29) is 0 Å². The number of furan rings is 1. The number of fused-ring (bicyclic) bond motifs is 4. The van der Waals surface area contributed by atoms with E-state index in [1.165, 1.54) is 35.1 Å². The number of hydrogen-bond acceptors (Lipinski definition) is 1. The van der Waals surface area contributed by atoms with E-state index in [9.17, 15) is 0 Å². The van der Waals surface area contributed by atoms with E-state index >= 15 is 0 Å². The monoisotopic (exact) mass is 286 g/mol. The molecule has 4 atom stereocenters. The van der Waals surface area contributed by atoms with Crippen LogP contribution in [0, 0.1) is 30.1 Å². The maximum absolute atomic E-state index is 6.41. The topological polar surface area (TPSA) is 13.1 Å². The number of hydrogen-bond donors (Lipinski definition) is 0. The smallest absolute Gasteiger partial charge is 0.123 e. The summed E-state index contributed by atoms with van der Waals surface area (Å²) in [5.41, 5.74) is 5.00. The normalized spacial score (nSPS) is 38.5. The summed E-state index contributed by atoms with van der Waals surface area (Å²) in [5, 5.41) is 1.34. The van der Waals surface area contributed by atoms with Crippen molar-refractivity contribution in [2.45, 2.75) is 52.8 Å². The molecule has 1 aromatic rings. The van der Waals surface area contributed by atoms with Gasteiger partial charge in [-0.15, -0.1) is 0 Å². The lowest BCUT2D eigenvalue weighted by Gasteiger charge is -2.38. The Kier molecular flexibility index (Phi) is 2.28. The SMILES string of the molecule is C=C1[C@H]2C[C@H]2[C@]2(C)Cc3oc([Si](C)(C)C)c(C)c3C[C@H]12. The third-order valence-electron chi connectivity index (χ3n) is 6.34. The van der Waals surface area contributed by atoms with Crippen LogP contribution in [0.4, 0.5) is 0 Å². The molecule has 0 unspecified atom stereocenters. The molecule has 1 heterocycles. The summed E-state index contributed by atoms with van der Waals surface area (Å²) in [6, 6.07) is 0. The predicted octanol–water partition coefficient (Wildman–Crippen LogP) is 4.06. The first-order valence-corrected chi connectivity index (χ1v) is 11.5. The average Bonchev–Trinajstić information content (AvgIpc) is 3.03. The molecule has 3 aliphatic rings. The van der Waals surface area contributed by atoms with E-state index in [1.54, 1.807) is 5.57 Å². The Morgan fingerprint density at radius 2 is 2.00 bits per heavy atom. The van der Waals surface area contributed by atoms with Crippen LogP contribution in [0.5, 0.6) is 0 Å². The van der Waals surface area contributed by atoms with Crippen molar-refractivity contribution in [2.75, 3.05) is 0 Å². The standard InChI is InChI=1S/C18H26OSi/c1-10-12-7-15(12)18(3)9-16-13(8-14(10)18)11(2)17(19-16)20(4,5)6/h12,14-15H,1,7-9H2,2-6H3/t12-,14-,15-,18-/m1/s1. The Labute approximate surface area is 123 Å². The minimum absolute atomic E-state index is 0.440. The van der Waals surface area contributed by atoms with Crippen LogP contribution in [0.3, 0.4) is 0 Å². The van der Waals surface area contributed by atoms with E-state index in [0.717, 1.165) is 18.3 Å². The maximum Gasteiger partial charge on any atom is 0.123 e. The van der Waals surface area contributed by atoms with Crippen molar-refractivity contribution in [2.24, 2.45) is 23.2 Å². The molecule has 0 radical (unpaired) electrons. The van der Waals surface area contributed by atoms with Gasteiger partial charge in [0, 0.05) is 6.42 Å². The summed E-state index contributed by atoms with van der Waals surface area (Å²) in [4.78, 5) is 0. The second kappa shape index (κ2) is 3.52. The average molecular weight is 286 g/mol. The van der Waals surface area contributed by atoms with Crippen molar-refractivity contribution in [1.82, 2.24) is 0 Å². The van der Waals surface area contributed by atoms with Gasteiger partial charge in [-0.2, -0.15) is 0 Å². The predicted molar refractivity (Wildman–Crippen MR) is 86.2 cm³/mol. The van der Waals surface area contributed by atoms with E-state index in [1.807, 2.05) is 0 Å². The Balaban J connectivity index is 1.81. The molecule has 0 aliphatic heterocycles. The van der Waals surface area contributed by atoms with Crippen molar-refractivity contribution in [1.29, 1.82) is 0 Å². The van der Waals surface area contributed by atoms with Crippen molar-refractivity contribution in [3.05, 3.63) is 29.0 Å². The molecule has 2 saturated carbocycles. The summed E-state index contributed by atoms with van der Waals surface area (Å²) in [6.07, 6.45) is 3.73. The fourth-order valence-corrected chi connectivity index (χ4v) is 6.88. The Bertz CT molecular complexity index is 618. The summed E-state index contributed by atoms with van der Waals surface area (Å²) in [6.45, 7) is 16.4. The molecule has 4 rings (SSSR count). The molecule has 0 aromatic carbocycles. The highest BCUT2D eigenvalue weighted by atomic mass is 28.3. The molecule has 3 aliphatic carbocycles. The minimum atomic E-state index is -1.37. The first kappa shape index (κ1) is 12.9. The zero-order chi connectivity index (χ0) is 14.4. The largest absolute Gasteiger partial charge is 0.471 e. The molecule has 0 amide bonds. The van der Waals surface area contributed by atoms with Gasteiger partial charge in [0.05, 0.1) is 5.38 Å². The van der Waals surface area contributed by atoms with Gasteiger partial charge >= 0.3 is 0 Å². The lowest BCUT2D eigenvalue weighted by atomic mass is 9.65. The number of allylic oxidation sites excluding steroid dienone is 1. The fraction of sp³-hybridized carbons (Fsp3) is 0.667. The van der Waals surface area contributed by atoms with Crippen molar-refractivity contribution >= 4 is 13.5 Å². The van der Waals surface area contributed by atoms with Crippen molar-refractivity contribution in [3.63, 3.8) is 0 Å². The van der Waals surface area contributed by atoms with Crippen molar-refractivity contribution < 1.29 is 4.42 Å². The third kappa shape index (κ3) is 1.44. The molecule has 2 heteroatoms. The van der Waals surface area contributed by atoms with E-state index in [2.05, 4.69) is 40.1 Å². The highest BCUT2D eigenvalue weighted by molar-refractivity contribution is 6.88. The van der Waals surface area contributed by atoms with Crippen LogP contribution in [0.15, 0.2) is 16.6 Å². The molecule has 0 saturated heterocycles. The molecular weight excluding hydrogens is 260 g/mol. The number of rotatable bonds is 1. The van der Waals surface area contributed by atoms with Gasteiger partial charge in [0.2, 0.25) is 0 Å². The Hall–Kier alpha value is -0.763. The lowest BCUT2D eigenvalue weighted by molar-refractivity contribution is 0.175. The second-order valence-corrected chi connectivity index (χ2v) is 13.6. The highest BCUT2D eigenvalue weighted by Gasteiger charge is 2.64. The van der Waals surface area contributed by atoms with Crippen LogP contribution in [-0.2, 0) is 12.8 Å². The van der Waals surface area contributed by atoms with Crippen LogP contribution in [-0.4, -0.2) is 8.07 Å². The first-order valence-electron chi connectivity index (χ1n) is 8.04. The molecule has 0 spiro atoms. The third-order valence-corrected chi connectivity index (χ3v) is 8.18. The van der Waals surface area contributed by atoms with Gasteiger partial charge in [0.15, 0.2) is 0 Å². The molecule has 0 N–H and O–H groups in total. The zero-order valence-electron chi connectivity index (χ0n) is 13.5. The molecule has 1 nitrogen and oxygen atoms in total. The van der Waals surface area contributed by atoms with Crippen LogP contribution >= 0.6 is 0 Å². The summed E-state index contributed by atoms with van der Waals surface area (Å²) < 4.78 is 6.41. The van der Waals surface area contributed by atoms with Gasteiger partial charge in [-0.05, 0) is 54.1 Å². The van der Waals surface area contributed by atoms with Gasteiger partial charge < -0.3 is 4.42 Å². The molecule has 0 bridgehead atoms. The Morgan fingerprint density at radius 1 is 1.30 bits per heavy atom. The van der Waals surface area contributed by atoms with E-state index in [0.29, 0.717) is 11.3 Å². The Morgan fingerprint density at radius 3 is 2.65 bits per heavy atom. The maximum atomic E-state index is 6.41. The quantitative estimate of drug-likeness (QED) is 0.560.